The first-order valence-corrected chi connectivity index (χ1v) is 10.4. The monoisotopic (exact) mass is 449 g/mol. The third-order valence-corrected chi connectivity index (χ3v) is 4.89. The first-order valence-electron chi connectivity index (χ1n) is 9.64. The van der Waals surface area contributed by atoms with Gasteiger partial charge >= 0.3 is 0 Å². The van der Waals surface area contributed by atoms with E-state index in [1.165, 1.54) is 17.9 Å². The number of rotatable bonds is 9. The van der Waals surface area contributed by atoms with Crippen LogP contribution in [-0.4, -0.2) is 35.7 Å². The first kappa shape index (κ1) is 23.7. The van der Waals surface area contributed by atoms with E-state index in [4.69, 9.17) is 23.2 Å². The van der Waals surface area contributed by atoms with Gasteiger partial charge in [0.25, 0.3) is 0 Å². The van der Waals surface area contributed by atoms with Crippen molar-refractivity contribution in [2.45, 2.75) is 32.7 Å². The molecule has 30 heavy (non-hydrogen) atoms. The lowest BCUT2D eigenvalue weighted by Crippen LogP contribution is -2.40. The molecule has 8 heteroatoms. The molecule has 0 saturated heterocycles. The van der Waals surface area contributed by atoms with Crippen LogP contribution >= 0.6 is 23.2 Å². The summed E-state index contributed by atoms with van der Waals surface area (Å²) in [6, 6.07) is 13.6. The van der Waals surface area contributed by atoms with Crippen molar-refractivity contribution in [3.05, 3.63) is 64.1 Å². The summed E-state index contributed by atoms with van der Waals surface area (Å²) < 4.78 is 0. The van der Waals surface area contributed by atoms with E-state index in [0.717, 1.165) is 5.56 Å². The van der Waals surface area contributed by atoms with Gasteiger partial charge in [-0.3, -0.25) is 14.4 Å². The molecular weight excluding hydrogens is 425 g/mol. The van der Waals surface area contributed by atoms with Crippen LogP contribution in [0.3, 0.4) is 0 Å². The van der Waals surface area contributed by atoms with E-state index in [-0.39, 0.29) is 30.7 Å². The Labute approximate surface area is 186 Å². The maximum atomic E-state index is 12.9. The molecule has 0 aliphatic heterocycles. The van der Waals surface area contributed by atoms with E-state index >= 15 is 0 Å². The predicted octanol–water partition coefficient (Wildman–Crippen LogP) is 4.44. The van der Waals surface area contributed by atoms with Crippen LogP contribution in [0.25, 0.3) is 0 Å². The number of benzene rings is 2. The lowest BCUT2D eigenvalue weighted by molar-refractivity contribution is -0.135. The van der Waals surface area contributed by atoms with Crippen LogP contribution in [0.2, 0.25) is 10.0 Å². The number of anilines is 1. The van der Waals surface area contributed by atoms with Crippen LogP contribution in [0.15, 0.2) is 48.5 Å². The molecule has 0 fully saturated rings. The molecule has 0 aliphatic carbocycles. The summed E-state index contributed by atoms with van der Waals surface area (Å²) in [7, 11) is 0. The van der Waals surface area contributed by atoms with Gasteiger partial charge in [-0.25, -0.2) is 0 Å². The molecule has 3 amide bonds. The highest BCUT2D eigenvalue weighted by Crippen LogP contribution is 2.25. The van der Waals surface area contributed by atoms with Gasteiger partial charge in [0.15, 0.2) is 0 Å². The minimum absolute atomic E-state index is 0.0541. The fourth-order valence-corrected chi connectivity index (χ4v) is 3.46. The quantitative estimate of drug-likeness (QED) is 0.593. The SMILES string of the molecule is CCCN(CC(=O)Nc1ccc(Cl)cc1Cl)C(=O)C[C@@H](NC(C)=O)c1ccccc1. The number of halogens is 2. The third-order valence-electron chi connectivity index (χ3n) is 4.34. The molecule has 0 spiro atoms. The Morgan fingerprint density at radius 3 is 2.37 bits per heavy atom. The molecule has 6 nitrogen and oxygen atoms in total. The summed E-state index contributed by atoms with van der Waals surface area (Å²) in [5, 5.41) is 6.30. The number of carbonyl (C=O) groups excluding carboxylic acids is 3. The highest BCUT2D eigenvalue weighted by Gasteiger charge is 2.23. The topological polar surface area (TPSA) is 78.5 Å². The summed E-state index contributed by atoms with van der Waals surface area (Å²) in [6.07, 6.45) is 0.745. The number of nitrogens with zero attached hydrogens (tertiary/aromatic N) is 1. The Kier molecular flexibility index (Phi) is 9.15. The number of nitrogens with one attached hydrogen (secondary N) is 2. The van der Waals surface area contributed by atoms with Crippen LogP contribution in [-0.2, 0) is 14.4 Å². The van der Waals surface area contributed by atoms with Gasteiger partial charge < -0.3 is 15.5 Å². The van der Waals surface area contributed by atoms with E-state index in [1.807, 2.05) is 37.3 Å². The largest absolute Gasteiger partial charge is 0.349 e. The van der Waals surface area contributed by atoms with E-state index in [1.54, 1.807) is 12.1 Å². The molecular formula is C22H25Cl2N3O3. The Hall–Kier alpha value is -2.57. The van der Waals surface area contributed by atoms with Crippen LogP contribution in [0.4, 0.5) is 5.69 Å². The number of carbonyl (C=O) groups is 3. The van der Waals surface area contributed by atoms with Gasteiger partial charge in [-0.15, -0.1) is 0 Å². The third kappa shape index (κ3) is 7.35. The highest BCUT2D eigenvalue weighted by atomic mass is 35.5. The Bertz CT molecular complexity index is 890. The minimum Gasteiger partial charge on any atom is -0.349 e. The standard InChI is InChI=1S/C22H25Cl2N3O3/c1-3-11-27(14-21(29)26-19-10-9-17(23)12-18(19)24)22(30)13-20(25-15(2)28)16-7-5-4-6-8-16/h4-10,12,20H,3,11,13-14H2,1-2H3,(H,25,28)(H,26,29)/t20-/m1/s1. The second-order valence-corrected chi connectivity index (χ2v) is 7.70. The zero-order valence-corrected chi connectivity index (χ0v) is 18.5. The van der Waals surface area contributed by atoms with Crippen molar-refractivity contribution in [1.29, 1.82) is 0 Å². The Morgan fingerprint density at radius 1 is 1.07 bits per heavy atom. The molecule has 0 heterocycles. The Morgan fingerprint density at radius 2 is 1.77 bits per heavy atom. The molecule has 1 atom stereocenters. The van der Waals surface area contributed by atoms with Crippen molar-refractivity contribution in [1.82, 2.24) is 10.2 Å². The van der Waals surface area contributed by atoms with E-state index in [9.17, 15) is 14.4 Å². The summed E-state index contributed by atoms with van der Waals surface area (Å²) in [5.41, 5.74) is 1.25. The molecule has 0 saturated carbocycles. The van der Waals surface area contributed by atoms with Crippen molar-refractivity contribution in [2.75, 3.05) is 18.4 Å². The van der Waals surface area contributed by atoms with Crippen LogP contribution in [0, 0.1) is 0 Å². The van der Waals surface area contributed by atoms with E-state index < -0.39 is 6.04 Å². The summed E-state index contributed by atoms with van der Waals surface area (Å²) in [5.74, 6) is -0.817. The van der Waals surface area contributed by atoms with Crippen molar-refractivity contribution < 1.29 is 14.4 Å². The average molecular weight is 450 g/mol. The zero-order valence-electron chi connectivity index (χ0n) is 17.0. The first-order chi connectivity index (χ1) is 14.3. The van der Waals surface area contributed by atoms with Crippen molar-refractivity contribution >= 4 is 46.6 Å². The number of hydrogen-bond donors (Lipinski definition) is 2. The van der Waals surface area contributed by atoms with Crippen molar-refractivity contribution in [3.8, 4) is 0 Å². The predicted molar refractivity (Wildman–Crippen MR) is 120 cm³/mol. The van der Waals surface area contributed by atoms with Gasteiger partial charge in [0.2, 0.25) is 17.7 Å². The van der Waals surface area contributed by atoms with Crippen LogP contribution in [0.5, 0.6) is 0 Å². The lowest BCUT2D eigenvalue weighted by atomic mass is 10.0. The van der Waals surface area contributed by atoms with Gasteiger partial charge in [0, 0.05) is 18.5 Å². The molecule has 160 valence electrons. The average Bonchev–Trinajstić information content (AvgIpc) is 2.69. The van der Waals surface area contributed by atoms with Gasteiger partial charge in [-0.2, -0.15) is 0 Å². The van der Waals surface area contributed by atoms with Crippen molar-refractivity contribution in [3.63, 3.8) is 0 Å². The second kappa shape index (κ2) is 11.6. The number of amides is 3. The molecule has 2 N–H and O–H groups in total. The van der Waals surface area contributed by atoms with E-state index in [0.29, 0.717) is 28.7 Å². The maximum Gasteiger partial charge on any atom is 0.244 e. The van der Waals surface area contributed by atoms with Crippen LogP contribution in [0.1, 0.15) is 38.3 Å². The van der Waals surface area contributed by atoms with Gasteiger partial charge in [-0.05, 0) is 30.2 Å². The molecule has 0 unspecified atom stereocenters. The second-order valence-electron chi connectivity index (χ2n) is 6.86. The smallest absolute Gasteiger partial charge is 0.244 e. The van der Waals surface area contributed by atoms with Gasteiger partial charge in [-0.1, -0.05) is 60.5 Å². The lowest BCUT2D eigenvalue weighted by Gasteiger charge is -2.25. The molecule has 2 aromatic carbocycles. The minimum atomic E-state index is -0.468. The fourth-order valence-electron chi connectivity index (χ4n) is 3.00. The molecule has 2 rings (SSSR count). The summed E-state index contributed by atoms with van der Waals surface area (Å²) in [4.78, 5) is 38.6. The van der Waals surface area contributed by atoms with Crippen LogP contribution < -0.4 is 10.6 Å². The molecule has 0 aliphatic rings. The summed E-state index contributed by atoms with van der Waals surface area (Å²) >= 11 is 12.0. The fraction of sp³-hybridized carbons (Fsp3) is 0.318. The summed E-state index contributed by atoms with van der Waals surface area (Å²) in [6.45, 7) is 3.64. The van der Waals surface area contributed by atoms with Gasteiger partial charge in [0.05, 0.1) is 29.7 Å². The Balaban J connectivity index is 2.08. The maximum absolute atomic E-state index is 12.9. The highest BCUT2D eigenvalue weighted by molar-refractivity contribution is 6.36. The van der Waals surface area contributed by atoms with Crippen molar-refractivity contribution in [2.24, 2.45) is 0 Å². The molecule has 0 radical (unpaired) electrons. The van der Waals surface area contributed by atoms with Gasteiger partial charge in [0.1, 0.15) is 0 Å². The normalized spacial score (nSPS) is 11.5. The molecule has 0 bridgehead atoms. The number of hydrogen-bond acceptors (Lipinski definition) is 3. The van der Waals surface area contributed by atoms with E-state index in [2.05, 4.69) is 10.6 Å². The molecule has 0 aromatic heterocycles. The molecule has 2 aromatic rings. The zero-order chi connectivity index (χ0) is 22.1.